The molecule has 1 N–H and O–H groups in total. The molecule has 11 heteroatoms. The van der Waals surface area contributed by atoms with Gasteiger partial charge in [-0.2, -0.15) is 26.3 Å². The lowest BCUT2D eigenvalue weighted by atomic mass is 10.00. The van der Waals surface area contributed by atoms with Crippen LogP contribution in [0.2, 0.25) is 0 Å². The van der Waals surface area contributed by atoms with Gasteiger partial charge in [-0.15, -0.1) is 0 Å². The Hall–Kier alpha value is -4.28. The second-order valence-corrected chi connectivity index (χ2v) is 7.62. The summed E-state index contributed by atoms with van der Waals surface area (Å²) in [6, 6.07) is 13.3. The van der Waals surface area contributed by atoms with Crippen LogP contribution in [0.4, 0.5) is 30.7 Å². The molecule has 3 aromatic carbocycles. The van der Waals surface area contributed by atoms with Crippen molar-refractivity contribution in [3.63, 3.8) is 0 Å². The highest BCUT2D eigenvalue weighted by Gasteiger charge is 2.34. The van der Waals surface area contributed by atoms with Crippen LogP contribution in [0.25, 0.3) is 33.8 Å². The Labute approximate surface area is 198 Å². The van der Waals surface area contributed by atoms with Crippen molar-refractivity contribution in [1.29, 1.82) is 0 Å². The van der Waals surface area contributed by atoms with Gasteiger partial charge < -0.3 is 5.11 Å². The van der Waals surface area contributed by atoms with Gasteiger partial charge in [0.15, 0.2) is 5.82 Å². The maximum absolute atomic E-state index is 13.8. The van der Waals surface area contributed by atoms with Gasteiger partial charge in [-0.1, -0.05) is 36.4 Å². The van der Waals surface area contributed by atoms with E-state index >= 15 is 0 Å². The first kappa shape index (κ1) is 24.8. The molecule has 0 aliphatic carbocycles. The van der Waals surface area contributed by atoms with Gasteiger partial charge in [0.2, 0.25) is 0 Å². The molecule has 0 atom stereocenters. The first-order chi connectivity index (χ1) is 16.8. The predicted octanol–water partition coefficient (Wildman–Crippen LogP) is 7.35. The summed E-state index contributed by atoms with van der Waals surface area (Å²) in [6.07, 6.45) is -9.49. The Bertz CT molecular complexity index is 1450. The minimum Gasteiger partial charge on any atom is -0.478 e. The summed E-state index contributed by atoms with van der Waals surface area (Å²) in [5.74, 6) is -2.81. The molecule has 1 heterocycles. The lowest BCUT2D eigenvalue weighted by Gasteiger charge is -2.12. The van der Waals surface area contributed by atoms with Crippen molar-refractivity contribution in [3.05, 3.63) is 95.4 Å². The average Bonchev–Trinajstić information content (AvgIpc) is 2.83. The van der Waals surface area contributed by atoms with Crippen molar-refractivity contribution in [1.82, 2.24) is 9.97 Å². The highest BCUT2D eigenvalue weighted by atomic mass is 19.4. The largest absolute Gasteiger partial charge is 0.478 e. The molecule has 0 fully saturated rings. The molecule has 0 aliphatic heterocycles. The summed E-state index contributed by atoms with van der Waals surface area (Å²) >= 11 is 0. The van der Waals surface area contributed by atoms with Crippen molar-refractivity contribution in [3.8, 4) is 33.8 Å². The predicted molar refractivity (Wildman–Crippen MR) is 115 cm³/mol. The fourth-order valence-corrected chi connectivity index (χ4v) is 3.41. The second-order valence-electron chi connectivity index (χ2n) is 7.62. The topological polar surface area (TPSA) is 63.1 Å². The summed E-state index contributed by atoms with van der Waals surface area (Å²) < 4.78 is 93.1. The Morgan fingerprint density at radius 3 is 1.92 bits per heavy atom. The van der Waals surface area contributed by atoms with Crippen molar-refractivity contribution in [2.75, 3.05) is 0 Å². The standard InChI is InChI=1S/C25H13F7N2O2/c26-19-9-6-15(11-18(19)23(35)36)14-2-1-3-16(10-14)22-33-20(12-21(34-22)25(30,31)32)13-4-7-17(8-5-13)24(27,28)29/h1-12H,(H,35,36). The summed E-state index contributed by atoms with van der Waals surface area (Å²) in [6.45, 7) is 0. The fraction of sp³-hybridized carbons (Fsp3) is 0.0800. The summed E-state index contributed by atoms with van der Waals surface area (Å²) in [5.41, 5.74) is -2.34. The maximum atomic E-state index is 13.8. The molecule has 0 radical (unpaired) electrons. The number of alkyl halides is 6. The third-order valence-corrected chi connectivity index (χ3v) is 5.18. The SMILES string of the molecule is O=C(O)c1cc(-c2cccc(-c3nc(-c4ccc(C(F)(F)F)cc4)cc(C(F)(F)F)n3)c2)ccc1F. The van der Waals surface area contributed by atoms with E-state index < -0.39 is 41.0 Å². The number of hydrogen-bond donors (Lipinski definition) is 1. The zero-order valence-corrected chi connectivity index (χ0v) is 17.8. The molecule has 36 heavy (non-hydrogen) atoms. The summed E-state index contributed by atoms with van der Waals surface area (Å²) in [7, 11) is 0. The van der Waals surface area contributed by atoms with Crippen molar-refractivity contribution in [2.45, 2.75) is 12.4 Å². The highest BCUT2D eigenvalue weighted by molar-refractivity contribution is 5.90. The van der Waals surface area contributed by atoms with Crippen molar-refractivity contribution < 1.29 is 40.6 Å². The molecule has 4 aromatic rings. The second kappa shape index (κ2) is 9.06. The maximum Gasteiger partial charge on any atom is 0.433 e. The molecular formula is C25H13F7N2O2. The lowest BCUT2D eigenvalue weighted by molar-refractivity contribution is -0.141. The quantitative estimate of drug-likeness (QED) is 0.294. The molecule has 0 spiro atoms. The normalized spacial score (nSPS) is 12.0. The number of nitrogens with zero attached hydrogens (tertiary/aromatic N) is 2. The molecule has 4 rings (SSSR count). The Kier molecular flexibility index (Phi) is 6.25. The van der Waals surface area contributed by atoms with Gasteiger partial charge in [-0.3, -0.25) is 0 Å². The van der Waals surface area contributed by atoms with E-state index in [-0.39, 0.29) is 28.2 Å². The monoisotopic (exact) mass is 506 g/mol. The summed E-state index contributed by atoms with van der Waals surface area (Å²) in [4.78, 5) is 19.0. The van der Waals surface area contributed by atoms with Gasteiger partial charge in [0.05, 0.1) is 16.8 Å². The third kappa shape index (κ3) is 5.19. The van der Waals surface area contributed by atoms with Gasteiger partial charge in [0.1, 0.15) is 11.5 Å². The number of aromatic carboxylic acids is 1. The zero-order valence-electron chi connectivity index (χ0n) is 17.8. The number of rotatable bonds is 4. The van der Waals surface area contributed by atoms with Gasteiger partial charge in [-0.25, -0.2) is 19.2 Å². The van der Waals surface area contributed by atoms with E-state index in [2.05, 4.69) is 9.97 Å². The Balaban J connectivity index is 1.82. The Morgan fingerprint density at radius 1 is 0.694 bits per heavy atom. The lowest BCUT2D eigenvalue weighted by Crippen LogP contribution is -2.10. The number of halogens is 7. The van der Waals surface area contributed by atoms with E-state index in [0.29, 0.717) is 11.6 Å². The number of benzene rings is 3. The van der Waals surface area contributed by atoms with E-state index in [1.165, 1.54) is 30.3 Å². The van der Waals surface area contributed by atoms with Crippen LogP contribution in [0.1, 0.15) is 21.6 Å². The number of aromatic nitrogens is 2. The minimum absolute atomic E-state index is 0.0120. The Morgan fingerprint density at radius 2 is 1.31 bits per heavy atom. The molecule has 1 aromatic heterocycles. The van der Waals surface area contributed by atoms with Crippen LogP contribution in [-0.4, -0.2) is 21.0 Å². The molecule has 184 valence electrons. The van der Waals surface area contributed by atoms with E-state index in [4.69, 9.17) is 5.11 Å². The average molecular weight is 506 g/mol. The van der Waals surface area contributed by atoms with E-state index in [1.54, 1.807) is 0 Å². The van der Waals surface area contributed by atoms with Crippen LogP contribution in [0, 0.1) is 5.82 Å². The molecule has 4 nitrogen and oxygen atoms in total. The molecular weight excluding hydrogens is 493 g/mol. The van der Waals surface area contributed by atoms with Crippen molar-refractivity contribution in [2.24, 2.45) is 0 Å². The first-order valence-electron chi connectivity index (χ1n) is 10.1. The number of carboxylic acid groups (broad SMARTS) is 1. The van der Waals surface area contributed by atoms with Gasteiger partial charge >= 0.3 is 18.3 Å². The molecule has 0 aliphatic rings. The molecule has 0 bridgehead atoms. The molecule has 0 unspecified atom stereocenters. The number of hydrogen-bond acceptors (Lipinski definition) is 3. The summed E-state index contributed by atoms with van der Waals surface area (Å²) in [5, 5.41) is 9.15. The molecule has 0 saturated heterocycles. The van der Waals surface area contributed by atoms with Crippen LogP contribution in [0.5, 0.6) is 0 Å². The van der Waals surface area contributed by atoms with Gasteiger partial charge in [0, 0.05) is 11.1 Å². The minimum atomic E-state index is -4.87. The van der Waals surface area contributed by atoms with Crippen LogP contribution in [0.3, 0.4) is 0 Å². The smallest absolute Gasteiger partial charge is 0.433 e. The van der Waals surface area contributed by atoms with E-state index in [1.807, 2.05) is 0 Å². The van der Waals surface area contributed by atoms with Crippen molar-refractivity contribution >= 4 is 5.97 Å². The number of carboxylic acids is 1. The number of carbonyl (C=O) groups is 1. The first-order valence-corrected chi connectivity index (χ1v) is 10.1. The van der Waals surface area contributed by atoms with Gasteiger partial charge in [-0.05, 0) is 47.5 Å². The van der Waals surface area contributed by atoms with E-state index in [0.717, 1.165) is 36.4 Å². The zero-order chi connectivity index (χ0) is 26.3. The third-order valence-electron chi connectivity index (χ3n) is 5.18. The van der Waals surface area contributed by atoms with Crippen LogP contribution >= 0.6 is 0 Å². The van der Waals surface area contributed by atoms with E-state index in [9.17, 15) is 35.5 Å². The van der Waals surface area contributed by atoms with Crippen LogP contribution in [-0.2, 0) is 12.4 Å². The van der Waals surface area contributed by atoms with Gasteiger partial charge in [0.25, 0.3) is 0 Å². The molecule has 0 amide bonds. The van der Waals surface area contributed by atoms with Crippen LogP contribution < -0.4 is 0 Å². The highest BCUT2D eigenvalue weighted by Crippen LogP contribution is 2.35. The fourth-order valence-electron chi connectivity index (χ4n) is 3.41. The van der Waals surface area contributed by atoms with Crippen LogP contribution in [0.15, 0.2) is 72.8 Å². The molecule has 0 saturated carbocycles.